The van der Waals surface area contributed by atoms with Gasteiger partial charge in [-0.3, -0.25) is 0 Å². The summed E-state index contributed by atoms with van der Waals surface area (Å²) in [7, 11) is 2.07. The van der Waals surface area contributed by atoms with Gasteiger partial charge in [0, 0.05) is 18.8 Å². The van der Waals surface area contributed by atoms with E-state index >= 15 is 0 Å². The van der Waals surface area contributed by atoms with Crippen molar-refractivity contribution in [3.63, 3.8) is 0 Å². The van der Waals surface area contributed by atoms with Gasteiger partial charge in [-0.2, -0.15) is 11.8 Å². The highest BCUT2D eigenvalue weighted by Gasteiger charge is 2.18. The lowest BCUT2D eigenvalue weighted by Gasteiger charge is -2.23. The van der Waals surface area contributed by atoms with Crippen molar-refractivity contribution in [2.45, 2.75) is 39.3 Å². The highest BCUT2D eigenvalue weighted by molar-refractivity contribution is 7.98. The van der Waals surface area contributed by atoms with E-state index in [1.54, 1.807) is 11.3 Å². The molecule has 0 fully saturated rings. The maximum atomic E-state index is 9.35. The van der Waals surface area contributed by atoms with Crippen molar-refractivity contribution >= 4 is 28.2 Å². The number of anilines is 1. The zero-order chi connectivity index (χ0) is 13.0. The zero-order valence-corrected chi connectivity index (χ0v) is 12.9. The smallest absolute Gasteiger partial charge is 0.185 e. The van der Waals surface area contributed by atoms with Crippen molar-refractivity contribution in [1.82, 2.24) is 4.98 Å². The Labute approximate surface area is 112 Å². The summed E-state index contributed by atoms with van der Waals surface area (Å²) < 4.78 is 0. The number of nitrogens with zero attached hydrogens (tertiary/aromatic N) is 2. The molecule has 1 rings (SSSR count). The van der Waals surface area contributed by atoms with E-state index < -0.39 is 0 Å². The Morgan fingerprint density at radius 2 is 2.06 bits per heavy atom. The van der Waals surface area contributed by atoms with E-state index in [-0.39, 0.29) is 6.61 Å². The lowest BCUT2D eigenvalue weighted by atomic mass is 10.1. The minimum absolute atomic E-state index is 0.0932. The van der Waals surface area contributed by atoms with Crippen molar-refractivity contribution in [2.75, 3.05) is 24.0 Å². The van der Waals surface area contributed by atoms with E-state index in [0.717, 1.165) is 21.5 Å². The first kappa shape index (κ1) is 14.8. The second-order valence-electron chi connectivity index (χ2n) is 4.53. The SMILES string of the molecule is CSCC(C)N(C)c1nc(C(C)C)c(CO)s1. The lowest BCUT2D eigenvalue weighted by Crippen LogP contribution is -2.30. The van der Waals surface area contributed by atoms with Crippen LogP contribution in [0.5, 0.6) is 0 Å². The molecule has 0 saturated heterocycles. The van der Waals surface area contributed by atoms with Crippen molar-refractivity contribution in [3.8, 4) is 0 Å². The summed E-state index contributed by atoms with van der Waals surface area (Å²) in [5, 5.41) is 10.4. The largest absolute Gasteiger partial charge is 0.391 e. The molecule has 0 aliphatic rings. The third-order valence-corrected chi connectivity index (χ3v) is 4.74. The number of thioether (sulfide) groups is 1. The molecular formula is C12H22N2OS2. The summed E-state index contributed by atoms with van der Waals surface area (Å²) in [6.07, 6.45) is 2.12. The molecule has 0 aliphatic carbocycles. The molecule has 0 spiro atoms. The molecular weight excluding hydrogens is 252 g/mol. The summed E-state index contributed by atoms with van der Waals surface area (Å²) >= 11 is 3.45. The number of rotatable bonds is 6. The van der Waals surface area contributed by atoms with E-state index in [1.807, 2.05) is 11.8 Å². The Morgan fingerprint density at radius 3 is 2.47 bits per heavy atom. The molecule has 1 heterocycles. The quantitative estimate of drug-likeness (QED) is 0.865. The summed E-state index contributed by atoms with van der Waals surface area (Å²) in [5.41, 5.74) is 1.04. The van der Waals surface area contributed by atoms with Crippen LogP contribution in [0.2, 0.25) is 0 Å². The molecule has 0 aromatic carbocycles. The molecule has 1 N–H and O–H groups in total. The van der Waals surface area contributed by atoms with E-state index in [2.05, 4.69) is 44.0 Å². The number of aromatic nitrogens is 1. The first-order valence-corrected chi connectivity index (χ1v) is 8.04. The van der Waals surface area contributed by atoms with Crippen LogP contribution in [-0.2, 0) is 6.61 Å². The van der Waals surface area contributed by atoms with Crippen LogP contribution in [-0.4, -0.2) is 35.2 Å². The predicted octanol–water partition coefficient (Wildman–Crippen LogP) is 2.95. The normalized spacial score (nSPS) is 13.1. The van der Waals surface area contributed by atoms with Crippen molar-refractivity contribution in [1.29, 1.82) is 0 Å². The first-order chi connectivity index (χ1) is 8.01. The monoisotopic (exact) mass is 274 g/mol. The number of hydrogen-bond acceptors (Lipinski definition) is 5. The van der Waals surface area contributed by atoms with Crippen molar-refractivity contribution < 1.29 is 5.11 Å². The summed E-state index contributed by atoms with van der Waals surface area (Å²) in [6, 6.07) is 0.461. The van der Waals surface area contributed by atoms with Crippen LogP contribution < -0.4 is 4.90 Å². The molecule has 0 amide bonds. The fourth-order valence-electron chi connectivity index (χ4n) is 1.61. The minimum Gasteiger partial charge on any atom is -0.391 e. The van der Waals surface area contributed by atoms with Crippen LogP contribution in [0, 0.1) is 0 Å². The van der Waals surface area contributed by atoms with Gasteiger partial charge in [-0.25, -0.2) is 4.98 Å². The molecule has 98 valence electrons. The Morgan fingerprint density at radius 1 is 1.41 bits per heavy atom. The number of thiazole rings is 1. The summed E-state index contributed by atoms with van der Waals surface area (Å²) in [4.78, 5) is 7.86. The maximum Gasteiger partial charge on any atom is 0.185 e. The van der Waals surface area contributed by atoms with Gasteiger partial charge >= 0.3 is 0 Å². The average molecular weight is 274 g/mol. The van der Waals surface area contributed by atoms with Crippen LogP contribution >= 0.6 is 23.1 Å². The van der Waals surface area contributed by atoms with Gasteiger partial charge in [0.2, 0.25) is 0 Å². The number of aliphatic hydroxyl groups excluding tert-OH is 1. The molecule has 5 heteroatoms. The standard InChI is InChI=1S/C12H22N2OS2/c1-8(2)11-10(6-15)17-12(13-11)14(4)9(3)7-16-5/h8-9,15H,6-7H2,1-5H3. The molecule has 0 aliphatic heterocycles. The molecule has 0 bridgehead atoms. The lowest BCUT2D eigenvalue weighted by molar-refractivity contribution is 0.283. The minimum atomic E-state index is 0.0932. The fraction of sp³-hybridized carbons (Fsp3) is 0.750. The molecule has 1 aromatic heterocycles. The van der Waals surface area contributed by atoms with Gasteiger partial charge in [-0.1, -0.05) is 25.2 Å². The third-order valence-electron chi connectivity index (χ3n) is 2.78. The molecule has 0 radical (unpaired) electrons. The van der Waals surface area contributed by atoms with Crippen LogP contribution in [0.15, 0.2) is 0 Å². The Kier molecular flexibility index (Phi) is 5.76. The van der Waals surface area contributed by atoms with Gasteiger partial charge in [-0.05, 0) is 19.1 Å². The highest BCUT2D eigenvalue weighted by atomic mass is 32.2. The number of hydrogen-bond donors (Lipinski definition) is 1. The van der Waals surface area contributed by atoms with E-state index in [0.29, 0.717) is 12.0 Å². The molecule has 1 atom stereocenters. The maximum absolute atomic E-state index is 9.35. The van der Waals surface area contributed by atoms with Crippen molar-refractivity contribution in [3.05, 3.63) is 10.6 Å². The van der Waals surface area contributed by atoms with Crippen LogP contribution in [0.3, 0.4) is 0 Å². The van der Waals surface area contributed by atoms with E-state index in [1.165, 1.54) is 0 Å². The molecule has 17 heavy (non-hydrogen) atoms. The van der Waals surface area contributed by atoms with Crippen LogP contribution in [0.1, 0.15) is 37.3 Å². The van der Waals surface area contributed by atoms with Gasteiger partial charge in [0.05, 0.1) is 17.2 Å². The van der Waals surface area contributed by atoms with Gasteiger partial charge in [0.15, 0.2) is 5.13 Å². The Bertz CT molecular complexity index is 352. The van der Waals surface area contributed by atoms with E-state index in [4.69, 9.17) is 0 Å². The fourth-order valence-corrected chi connectivity index (χ4v) is 3.45. The second-order valence-corrected chi connectivity index (χ2v) is 6.51. The van der Waals surface area contributed by atoms with Gasteiger partial charge in [0.25, 0.3) is 0 Å². The Balaban J connectivity index is 2.91. The summed E-state index contributed by atoms with van der Waals surface area (Å²) in [5.74, 6) is 1.45. The highest BCUT2D eigenvalue weighted by Crippen LogP contribution is 2.31. The average Bonchev–Trinajstić information content (AvgIpc) is 2.72. The van der Waals surface area contributed by atoms with Crippen LogP contribution in [0.25, 0.3) is 0 Å². The third kappa shape index (κ3) is 3.60. The molecule has 1 unspecified atom stereocenters. The van der Waals surface area contributed by atoms with Crippen molar-refractivity contribution in [2.24, 2.45) is 0 Å². The van der Waals surface area contributed by atoms with E-state index in [9.17, 15) is 5.11 Å². The van der Waals surface area contributed by atoms with Gasteiger partial charge < -0.3 is 10.0 Å². The first-order valence-electron chi connectivity index (χ1n) is 5.83. The summed E-state index contributed by atoms with van der Waals surface area (Å²) in [6.45, 7) is 6.52. The predicted molar refractivity (Wildman–Crippen MR) is 78.4 cm³/mol. The number of aliphatic hydroxyl groups is 1. The van der Waals surface area contributed by atoms with Gasteiger partial charge in [0.1, 0.15) is 0 Å². The van der Waals surface area contributed by atoms with Crippen LogP contribution in [0.4, 0.5) is 5.13 Å². The second kappa shape index (κ2) is 6.61. The zero-order valence-electron chi connectivity index (χ0n) is 11.2. The topological polar surface area (TPSA) is 36.4 Å². The Hall–Kier alpha value is -0.260. The molecule has 0 saturated carbocycles. The molecule has 1 aromatic rings. The molecule has 3 nitrogen and oxygen atoms in total. The van der Waals surface area contributed by atoms with Gasteiger partial charge in [-0.15, -0.1) is 0 Å².